The summed E-state index contributed by atoms with van der Waals surface area (Å²) in [4.78, 5) is 28.0. The van der Waals surface area contributed by atoms with Crippen molar-refractivity contribution in [3.63, 3.8) is 0 Å². The van der Waals surface area contributed by atoms with Gasteiger partial charge in [-0.25, -0.2) is 14.6 Å². The van der Waals surface area contributed by atoms with Crippen LogP contribution in [-0.4, -0.2) is 66.2 Å². The van der Waals surface area contributed by atoms with Crippen LogP contribution in [0.25, 0.3) is 27.9 Å². The minimum atomic E-state index is -0.170. The van der Waals surface area contributed by atoms with Crippen LogP contribution in [0.15, 0.2) is 55.1 Å². The number of halogens is 1. The Morgan fingerprint density at radius 1 is 1.14 bits per heavy atom. The van der Waals surface area contributed by atoms with E-state index in [2.05, 4.69) is 56.0 Å². The van der Waals surface area contributed by atoms with E-state index in [1.165, 1.54) is 6.33 Å². The lowest BCUT2D eigenvalue weighted by Crippen LogP contribution is -2.40. The van der Waals surface area contributed by atoms with E-state index < -0.39 is 0 Å². The van der Waals surface area contributed by atoms with Gasteiger partial charge in [-0.1, -0.05) is 6.07 Å². The molecule has 1 amide bonds. The first-order chi connectivity index (χ1) is 17.5. The number of aromatic nitrogens is 6. The number of rotatable bonds is 4. The summed E-state index contributed by atoms with van der Waals surface area (Å²) in [5, 5.41) is 5.50. The van der Waals surface area contributed by atoms with Gasteiger partial charge in [0.15, 0.2) is 5.65 Å². The highest BCUT2D eigenvalue weighted by molar-refractivity contribution is 14.1. The second kappa shape index (κ2) is 9.13. The molecule has 1 aliphatic rings. The van der Waals surface area contributed by atoms with Crippen LogP contribution in [0.1, 0.15) is 28.9 Å². The molecule has 6 heterocycles. The van der Waals surface area contributed by atoms with Crippen LogP contribution in [0.5, 0.6) is 0 Å². The SMILES string of the molecule is CC(c1cc2ccccn2c1-c1ccc(C(=O)N2CCOCC2)cn1)n1nc(I)c2c(N)ncnc21. The van der Waals surface area contributed by atoms with Gasteiger partial charge in [0.2, 0.25) is 0 Å². The van der Waals surface area contributed by atoms with E-state index in [1.54, 1.807) is 11.1 Å². The minimum Gasteiger partial charge on any atom is -0.383 e. The topological polar surface area (TPSA) is 116 Å². The molecular formula is C25H23IN8O2. The number of morpholine rings is 1. The van der Waals surface area contributed by atoms with Crippen molar-refractivity contribution in [2.75, 3.05) is 32.0 Å². The summed E-state index contributed by atoms with van der Waals surface area (Å²) < 4.78 is 10.1. The molecule has 1 unspecified atom stereocenters. The second-order valence-electron chi connectivity index (χ2n) is 8.65. The van der Waals surface area contributed by atoms with E-state index in [9.17, 15) is 4.79 Å². The number of pyridine rings is 2. The summed E-state index contributed by atoms with van der Waals surface area (Å²) in [6.45, 7) is 4.39. The fourth-order valence-electron chi connectivity index (χ4n) is 4.70. The summed E-state index contributed by atoms with van der Waals surface area (Å²) in [7, 11) is 0. The lowest BCUT2D eigenvalue weighted by atomic mass is 10.1. The third-order valence-electron chi connectivity index (χ3n) is 6.55. The Morgan fingerprint density at radius 3 is 2.75 bits per heavy atom. The number of carbonyl (C=O) groups is 1. The fourth-order valence-corrected chi connectivity index (χ4v) is 5.45. The highest BCUT2D eigenvalue weighted by Crippen LogP contribution is 2.35. The number of hydrogen-bond donors (Lipinski definition) is 1. The van der Waals surface area contributed by atoms with Gasteiger partial charge < -0.3 is 19.8 Å². The van der Waals surface area contributed by atoms with Crippen molar-refractivity contribution in [2.45, 2.75) is 13.0 Å². The summed E-state index contributed by atoms with van der Waals surface area (Å²) in [5.74, 6) is 0.383. The van der Waals surface area contributed by atoms with Gasteiger partial charge in [-0.05, 0) is 59.8 Å². The van der Waals surface area contributed by atoms with Crippen molar-refractivity contribution < 1.29 is 9.53 Å². The van der Waals surface area contributed by atoms with Gasteiger partial charge in [-0.3, -0.25) is 9.78 Å². The Kier molecular flexibility index (Phi) is 5.80. The molecule has 6 rings (SSSR count). The number of anilines is 1. The molecule has 2 N–H and O–H groups in total. The number of hydrogen-bond acceptors (Lipinski definition) is 7. The van der Waals surface area contributed by atoms with Gasteiger partial charge in [0, 0.05) is 36.6 Å². The van der Waals surface area contributed by atoms with Crippen LogP contribution in [0.2, 0.25) is 0 Å². The number of nitrogen functional groups attached to an aromatic ring is 1. The monoisotopic (exact) mass is 594 g/mol. The Balaban J connectivity index is 1.44. The molecule has 0 bridgehead atoms. The molecule has 1 fully saturated rings. The van der Waals surface area contributed by atoms with Crippen molar-refractivity contribution in [3.05, 3.63) is 69.9 Å². The predicted molar refractivity (Wildman–Crippen MR) is 144 cm³/mol. The van der Waals surface area contributed by atoms with Crippen LogP contribution in [-0.2, 0) is 4.74 Å². The van der Waals surface area contributed by atoms with Crippen LogP contribution in [0.4, 0.5) is 5.82 Å². The molecule has 10 nitrogen and oxygen atoms in total. The Morgan fingerprint density at radius 2 is 1.97 bits per heavy atom. The number of ether oxygens (including phenoxy) is 1. The first-order valence-electron chi connectivity index (χ1n) is 11.6. The Bertz CT molecular complexity index is 1590. The molecule has 0 aliphatic carbocycles. The molecule has 0 spiro atoms. The maximum atomic E-state index is 12.9. The summed E-state index contributed by atoms with van der Waals surface area (Å²) in [6, 6.07) is 11.8. The zero-order chi connectivity index (χ0) is 24.8. The molecule has 5 aromatic heterocycles. The predicted octanol–water partition coefficient (Wildman–Crippen LogP) is 3.41. The van der Waals surface area contributed by atoms with E-state index in [-0.39, 0.29) is 11.9 Å². The smallest absolute Gasteiger partial charge is 0.255 e. The molecule has 0 saturated carbocycles. The standard InChI is InChI=1S/C25H23IN8O2/c1-15(34-24-20(22(26)31-34)23(27)29-14-30-24)18-12-17-4-2-3-7-33(17)21(18)19-6-5-16(13-28-19)25(35)32-8-10-36-11-9-32/h2-7,12-15H,8-11H2,1H3,(H2,27,29,30). The first kappa shape index (κ1) is 22.9. The van der Waals surface area contributed by atoms with Gasteiger partial charge in [0.25, 0.3) is 5.91 Å². The quantitative estimate of drug-likeness (QED) is 0.317. The van der Waals surface area contributed by atoms with E-state index >= 15 is 0 Å². The number of nitrogens with zero attached hydrogens (tertiary/aromatic N) is 7. The second-order valence-corrected chi connectivity index (χ2v) is 9.67. The molecule has 0 radical (unpaired) electrons. The van der Waals surface area contributed by atoms with Crippen LogP contribution < -0.4 is 5.73 Å². The molecule has 36 heavy (non-hydrogen) atoms. The van der Waals surface area contributed by atoms with Crippen LogP contribution in [0.3, 0.4) is 0 Å². The summed E-state index contributed by atoms with van der Waals surface area (Å²) >= 11 is 2.17. The molecule has 182 valence electrons. The van der Waals surface area contributed by atoms with E-state index in [0.29, 0.717) is 43.3 Å². The zero-order valence-electron chi connectivity index (χ0n) is 19.5. The Labute approximate surface area is 220 Å². The van der Waals surface area contributed by atoms with Gasteiger partial charge in [0.05, 0.1) is 41.6 Å². The molecule has 11 heteroatoms. The molecule has 0 aromatic carbocycles. The molecule has 1 atom stereocenters. The maximum Gasteiger partial charge on any atom is 0.255 e. The maximum absolute atomic E-state index is 12.9. The lowest BCUT2D eigenvalue weighted by molar-refractivity contribution is 0.0302. The van der Waals surface area contributed by atoms with Crippen molar-refractivity contribution in [2.24, 2.45) is 0 Å². The van der Waals surface area contributed by atoms with Gasteiger partial charge in [-0.15, -0.1) is 0 Å². The van der Waals surface area contributed by atoms with E-state index in [4.69, 9.17) is 20.6 Å². The zero-order valence-corrected chi connectivity index (χ0v) is 21.7. The normalized spacial score (nSPS) is 15.0. The first-order valence-corrected chi connectivity index (χ1v) is 12.7. The van der Waals surface area contributed by atoms with E-state index in [0.717, 1.165) is 31.6 Å². The van der Waals surface area contributed by atoms with Crippen LogP contribution >= 0.6 is 22.6 Å². The molecular weight excluding hydrogens is 571 g/mol. The fraction of sp³-hybridized carbons (Fsp3) is 0.240. The highest BCUT2D eigenvalue weighted by Gasteiger charge is 2.25. The number of fused-ring (bicyclic) bond motifs is 2. The van der Waals surface area contributed by atoms with Gasteiger partial charge in [-0.2, -0.15) is 5.10 Å². The lowest BCUT2D eigenvalue weighted by Gasteiger charge is -2.26. The molecule has 1 aliphatic heterocycles. The van der Waals surface area contributed by atoms with E-state index in [1.807, 2.05) is 35.1 Å². The van der Waals surface area contributed by atoms with Crippen LogP contribution in [0, 0.1) is 3.70 Å². The number of nitrogens with two attached hydrogens (primary N) is 1. The third kappa shape index (κ3) is 3.78. The van der Waals surface area contributed by atoms with Crippen molar-refractivity contribution in [1.82, 2.24) is 34.0 Å². The highest BCUT2D eigenvalue weighted by atomic mass is 127. The van der Waals surface area contributed by atoms with Gasteiger partial charge in [0.1, 0.15) is 15.8 Å². The summed E-state index contributed by atoms with van der Waals surface area (Å²) in [5.41, 5.74) is 11.1. The summed E-state index contributed by atoms with van der Waals surface area (Å²) in [6.07, 6.45) is 5.13. The third-order valence-corrected chi connectivity index (χ3v) is 7.31. The molecule has 5 aromatic rings. The van der Waals surface area contributed by atoms with Crippen molar-refractivity contribution >= 4 is 50.9 Å². The van der Waals surface area contributed by atoms with Crippen molar-refractivity contribution in [3.8, 4) is 11.4 Å². The minimum absolute atomic E-state index is 0.0270. The number of carbonyl (C=O) groups excluding carboxylic acids is 1. The molecule has 1 saturated heterocycles. The van der Waals surface area contributed by atoms with Crippen molar-refractivity contribution in [1.29, 1.82) is 0 Å². The largest absolute Gasteiger partial charge is 0.383 e. The average Bonchev–Trinajstić information content (AvgIpc) is 3.47. The Hall–Kier alpha value is -3.58. The number of amides is 1. The van der Waals surface area contributed by atoms with Gasteiger partial charge >= 0.3 is 0 Å². The average molecular weight is 594 g/mol.